The third-order valence-electron chi connectivity index (χ3n) is 11.8. The molecule has 0 amide bonds. The van der Waals surface area contributed by atoms with Crippen molar-refractivity contribution in [1.82, 2.24) is 0 Å². The predicted molar refractivity (Wildman–Crippen MR) is 241 cm³/mol. The molecule has 0 bridgehead atoms. The molecule has 11 aromatic carbocycles. The quantitative estimate of drug-likeness (QED) is 0.160. The van der Waals surface area contributed by atoms with Crippen molar-refractivity contribution in [3.05, 3.63) is 194 Å². The zero-order valence-corrected chi connectivity index (χ0v) is 30.7. The van der Waals surface area contributed by atoms with Crippen molar-refractivity contribution in [2.75, 3.05) is 0 Å². The second-order valence-corrected chi connectivity index (χ2v) is 15.9. The molecule has 0 unspecified atom stereocenters. The zero-order valence-electron chi connectivity index (χ0n) is 29.9. The summed E-state index contributed by atoms with van der Waals surface area (Å²) in [5.41, 5.74) is 7.42. The molecule has 55 heavy (non-hydrogen) atoms. The lowest BCUT2D eigenvalue weighted by molar-refractivity contribution is 1.62. The fourth-order valence-electron chi connectivity index (χ4n) is 9.16. The van der Waals surface area contributed by atoms with Crippen LogP contribution in [-0.2, 0) is 0 Å². The maximum atomic E-state index is 2.42. The van der Waals surface area contributed by atoms with E-state index in [1.54, 1.807) is 0 Å². The summed E-state index contributed by atoms with van der Waals surface area (Å²) >= 11 is 1.93. The fourth-order valence-corrected chi connectivity index (χ4v) is 10.5. The summed E-state index contributed by atoms with van der Waals surface area (Å²) in [6, 6.07) is 72.1. The first-order valence-electron chi connectivity index (χ1n) is 19.0. The molecule has 0 fully saturated rings. The van der Waals surface area contributed by atoms with Crippen LogP contribution in [0.2, 0.25) is 0 Å². The monoisotopic (exact) mass is 712 g/mol. The van der Waals surface area contributed by atoms with Gasteiger partial charge in [0.05, 0.1) is 0 Å². The third kappa shape index (κ3) is 4.70. The molecule has 254 valence electrons. The lowest BCUT2D eigenvalue weighted by Crippen LogP contribution is -1.85. The van der Waals surface area contributed by atoms with E-state index in [4.69, 9.17) is 0 Å². The Bertz CT molecular complexity index is 3500. The normalized spacial score (nSPS) is 12.0. The molecule has 0 radical (unpaired) electrons. The summed E-state index contributed by atoms with van der Waals surface area (Å²) < 4.78 is 2.71. The highest BCUT2D eigenvalue weighted by Crippen LogP contribution is 2.45. The molecule has 12 rings (SSSR count). The van der Waals surface area contributed by atoms with Gasteiger partial charge in [-0.25, -0.2) is 0 Å². The van der Waals surface area contributed by atoms with E-state index < -0.39 is 0 Å². The van der Waals surface area contributed by atoms with Crippen LogP contribution in [0.25, 0.3) is 118 Å². The van der Waals surface area contributed by atoms with Crippen LogP contribution in [0.3, 0.4) is 0 Å². The second kappa shape index (κ2) is 11.9. The minimum Gasteiger partial charge on any atom is -0.134 e. The van der Waals surface area contributed by atoms with Gasteiger partial charge in [-0.15, -0.1) is 11.3 Å². The first-order valence-corrected chi connectivity index (χ1v) is 19.8. The minimum absolute atomic E-state index is 1.22. The molecule has 1 heteroatoms. The summed E-state index contributed by atoms with van der Waals surface area (Å²) in [5, 5.41) is 18.3. The van der Waals surface area contributed by atoms with Gasteiger partial charge in [-0.3, -0.25) is 0 Å². The van der Waals surface area contributed by atoms with Gasteiger partial charge in [-0.1, -0.05) is 164 Å². The van der Waals surface area contributed by atoms with Crippen LogP contribution in [0.5, 0.6) is 0 Å². The topological polar surface area (TPSA) is 0 Å². The van der Waals surface area contributed by atoms with E-state index >= 15 is 0 Å². The first-order chi connectivity index (χ1) is 27.2. The Kier molecular flexibility index (Phi) is 6.60. The van der Waals surface area contributed by atoms with E-state index in [-0.39, 0.29) is 0 Å². The average molecular weight is 713 g/mol. The van der Waals surface area contributed by atoms with Crippen LogP contribution >= 0.6 is 11.3 Å². The molecule has 0 aliphatic carbocycles. The molecule has 0 atom stereocenters. The van der Waals surface area contributed by atoms with Crippen molar-refractivity contribution in [2.24, 2.45) is 0 Å². The minimum atomic E-state index is 1.22. The highest BCUT2D eigenvalue weighted by atomic mass is 32.1. The van der Waals surface area contributed by atoms with Gasteiger partial charge >= 0.3 is 0 Å². The summed E-state index contributed by atoms with van der Waals surface area (Å²) in [5.74, 6) is 0. The van der Waals surface area contributed by atoms with Gasteiger partial charge < -0.3 is 0 Å². The van der Waals surface area contributed by atoms with E-state index in [0.29, 0.717) is 0 Å². The molecule has 0 saturated heterocycles. The van der Waals surface area contributed by atoms with Crippen molar-refractivity contribution >= 4 is 96.1 Å². The van der Waals surface area contributed by atoms with Gasteiger partial charge in [0.15, 0.2) is 0 Å². The highest BCUT2D eigenvalue weighted by molar-refractivity contribution is 7.27. The van der Waals surface area contributed by atoms with Crippen molar-refractivity contribution in [3.63, 3.8) is 0 Å². The largest absolute Gasteiger partial charge is 0.134 e. The van der Waals surface area contributed by atoms with Crippen molar-refractivity contribution < 1.29 is 0 Å². The van der Waals surface area contributed by atoms with Crippen LogP contribution in [0, 0.1) is 0 Å². The zero-order chi connectivity index (χ0) is 36.0. The average Bonchev–Trinajstić information content (AvgIpc) is 3.62. The molecule has 0 spiro atoms. The molecule has 0 aliphatic heterocycles. The number of thiophene rings is 1. The maximum absolute atomic E-state index is 2.42. The molecule has 1 aromatic heterocycles. The van der Waals surface area contributed by atoms with Gasteiger partial charge in [0.25, 0.3) is 0 Å². The molecule has 1 heterocycles. The van der Waals surface area contributed by atoms with E-state index in [1.807, 2.05) is 11.3 Å². The Labute approximate surface area is 322 Å². The summed E-state index contributed by atoms with van der Waals surface area (Å²) in [6.07, 6.45) is 0. The van der Waals surface area contributed by atoms with E-state index in [9.17, 15) is 0 Å². The van der Waals surface area contributed by atoms with Crippen LogP contribution in [0.4, 0.5) is 0 Å². The Morgan fingerprint density at radius 3 is 1.60 bits per heavy atom. The number of hydrogen-bond donors (Lipinski definition) is 0. The predicted octanol–water partition coefficient (Wildman–Crippen LogP) is 16.0. The van der Waals surface area contributed by atoms with Gasteiger partial charge in [-0.2, -0.15) is 0 Å². The molecular weight excluding hydrogens is 681 g/mol. The SMILES string of the molecule is c1ccc(-c2cccc3c2ccc2ccc(-c4cccc(-c5ccc6cc7sc8c(ccc9c%10ccccc%10c%10ccccc%10c98)c7cc6c5)c4)cc23)cc1. The Morgan fingerprint density at radius 2 is 0.800 bits per heavy atom. The Balaban J connectivity index is 0.978. The summed E-state index contributed by atoms with van der Waals surface area (Å²) in [6.45, 7) is 0. The lowest BCUT2D eigenvalue weighted by Gasteiger charge is -2.12. The van der Waals surface area contributed by atoms with Crippen LogP contribution in [-0.4, -0.2) is 0 Å². The number of benzene rings is 11. The standard InChI is InChI=1S/C54H32S/c1-2-10-33(11-3-1)41-18-9-19-45-46(41)25-24-34-20-21-38(30-50(34)45)36-13-8-12-35(28-36)37-22-23-39-32-52-51(31-40(39)29-37)49-27-26-48-44-16-5-4-14-42(44)43-15-6-7-17-47(43)53(48)54(49)55-52/h1-32H. The lowest BCUT2D eigenvalue weighted by atomic mass is 9.92. The smallest absolute Gasteiger partial charge is 0.0440 e. The molecular formula is C54H32S. The van der Waals surface area contributed by atoms with Crippen LogP contribution < -0.4 is 0 Å². The Morgan fingerprint density at radius 1 is 0.255 bits per heavy atom. The maximum Gasteiger partial charge on any atom is 0.0440 e. The number of fused-ring (bicyclic) bond motifs is 14. The summed E-state index contributed by atoms with van der Waals surface area (Å²) in [4.78, 5) is 0. The van der Waals surface area contributed by atoms with Gasteiger partial charge in [0.1, 0.15) is 0 Å². The molecule has 0 nitrogen and oxygen atoms in total. The third-order valence-corrected chi connectivity index (χ3v) is 13.0. The van der Waals surface area contributed by atoms with E-state index in [2.05, 4.69) is 194 Å². The fraction of sp³-hybridized carbons (Fsp3) is 0. The molecule has 0 N–H and O–H groups in total. The molecule has 0 saturated carbocycles. The van der Waals surface area contributed by atoms with Gasteiger partial charge in [-0.05, 0) is 123 Å². The molecule has 0 aliphatic rings. The molecule has 12 aromatic rings. The first kappa shape index (κ1) is 30.6. The van der Waals surface area contributed by atoms with E-state index in [0.717, 1.165) is 0 Å². The Hall–Kier alpha value is -6.80. The van der Waals surface area contributed by atoms with Crippen LogP contribution in [0.15, 0.2) is 194 Å². The number of hydrogen-bond acceptors (Lipinski definition) is 1. The highest BCUT2D eigenvalue weighted by Gasteiger charge is 2.16. The van der Waals surface area contributed by atoms with E-state index in [1.165, 1.54) is 118 Å². The number of rotatable bonds is 3. The van der Waals surface area contributed by atoms with Crippen molar-refractivity contribution in [3.8, 4) is 33.4 Å². The second-order valence-electron chi connectivity index (χ2n) is 14.8. The van der Waals surface area contributed by atoms with Crippen molar-refractivity contribution in [2.45, 2.75) is 0 Å². The summed E-state index contributed by atoms with van der Waals surface area (Å²) in [7, 11) is 0. The van der Waals surface area contributed by atoms with Crippen molar-refractivity contribution in [1.29, 1.82) is 0 Å². The van der Waals surface area contributed by atoms with Crippen LogP contribution in [0.1, 0.15) is 0 Å². The van der Waals surface area contributed by atoms with Gasteiger partial charge in [0.2, 0.25) is 0 Å². The van der Waals surface area contributed by atoms with Gasteiger partial charge in [0, 0.05) is 25.6 Å².